The molecule has 1 aromatic carbocycles. The Morgan fingerprint density at radius 2 is 1.79 bits per heavy atom. The number of likely N-dealkylation sites (N-methyl/N-ethyl adjacent to an activating group) is 2. The van der Waals surface area contributed by atoms with E-state index in [0.29, 0.717) is 18.6 Å². The molecular weight excluding hydrogens is 236 g/mol. The van der Waals surface area contributed by atoms with Gasteiger partial charge in [-0.25, -0.2) is 0 Å². The molecule has 3 heteroatoms. The summed E-state index contributed by atoms with van der Waals surface area (Å²) in [6, 6.07) is 8.75. The van der Waals surface area contributed by atoms with Gasteiger partial charge in [0.25, 0.3) is 0 Å². The van der Waals surface area contributed by atoms with Crippen molar-refractivity contribution in [3.63, 3.8) is 0 Å². The van der Waals surface area contributed by atoms with Crippen LogP contribution in [0.1, 0.15) is 32.4 Å². The molecule has 1 unspecified atom stereocenters. The highest BCUT2D eigenvalue weighted by atomic mass is 16.5. The van der Waals surface area contributed by atoms with E-state index in [-0.39, 0.29) is 0 Å². The first-order chi connectivity index (χ1) is 9.06. The van der Waals surface area contributed by atoms with Crippen molar-refractivity contribution in [1.29, 1.82) is 0 Å². The van der Waals surface area contributed by atoms with Gasteiger partial charge in [0.1, 0.15) is 5.75 Å². The number of hydrogen-bond donors (Lipinski definition) is 1. The maximum Gasteiger partial charge on any atom is 0.119 e. The molecule has 0 aliphatic carbocycles. The lowest BCUT2D eigenvalue weighted by molar-refractivity contribution is 0.267. The molecule has 0 spiro atoms. The number of nitrogens with zero attached hydrogens (tertiary/aromatic N) is 1. The van der Waals surface area contributed by atoms with Crippen molar-refractivity contribution in [2.75, 3.05) is 33.8 Å². The van der Waals surface area contributed by atoms with Crippen molar-refractivity contribution in [2.45, 2.75) is 26.8 Å². The van der Waals surface area contributed by atoms with E-state index in [0.717, 1.165) is 18.8 Å². The average Bonchev–Trinajstić information content (AvgIpc) is 2.36. The summed E-state index contributed by atoms with van der Waals surface area (Å²) in [7, 11) is 4.20. The quantitative estimate of drug-likeness (QED) is 0.781. The first kappa shape index (κ1) is 16.0. The summed E-state index contributed by atoms with van der Waals surface area (Å²) < 4.78 is 5.48. The SMILES string of the molecule is CCOc1ccc(C(CN(C)CC(C)C)NC)cc1. The van der Waals surface area contributed by atoms with E-state index < -0.39 is 0 Å². The van der Waals surface area contributed by atoms with E-state index in [4.69, 9.17) is 4.74 Å². The van der Waals surface area contributed by atoms with Crippen LogP contribution in [0.2, 0.25) is 0 Å². The van der Waals surface area contributed by atoms with Crippen molar-refractivity contribution in [3.8, 4) is 5.75 Å². The molecule has 108 valence electrons. The zero-order valence-corrected chi connectivity index (χ0v) is 12.9. The van der Waals surface area contributed by atoms with Crippen molar-refractivity contribution in [3.05, 3.63) is 29.8 Å². The maximum absolute atomic E-state index is 5.48. The summed E-state index contributed by atoms with van der Waals surface area (Å²) in [5, 5.41) is 3.39. The summed E-state index contributed by atoms with van der Waals surface area (Å²) in [5.74, 6) is 1.64. The summed E-state index contributed by atoms with van der Waals surface area (Å²) in [4.78, 5) is 2.38. The largest absolute Gasteiger partial charge is 0.494 e. The van der Waals surface area contributed by atoms with Gasteiger partial charge in [-0.1, -0.05) is 26.0 Å². The van der Waals surface area contributed by atoms with Crippen molar-refractivity contribution in [1.82, 2.24) is 10.2 Å². The van der Waals surface area contributed by atoms with Gasteiger partial charge >= 0.3 is 0 Å². The van der Waals surface area contributed by atoms with Gasteiger partial charge in [0.05, 0.1) is 6.61 Å². The van der Waals surface area contributed by atoms with Crippen LogP contribution in [-0.4, -0.2) is 38.7 Å². The minimum atomic E-state index is 0.361. The summed E-state index contributed by atoms with van der Waals surface area (Å²) in [6.07, 6.45) is 0. The van der Waals surface area contributed by atoms with Crippen LogP contribution in [0.3, 0.4) is 0 Å². The molecule has 0 saturated carbocycles. The van der Waals surface area contributed by atoms with Gasteiger partial charge < -0.3 is 15.0 Å². The Hall–Kier alpha value is -1.06. The lowest BCUT2D eigenvalue weighted by atomic mass is 10.1. The molecule has 1 rings (SSSR count). The summed E-state index contributed by atoms with van der Waals surface area (Å²) >= 11 is 0. The van der Waals surface area contributed by atoms with Crippen molar-refractivity contribution >= 4 is 0 Å². The standard InChI is InChI=1S/C16H28N2O/c1-6-19-15-9-7-14(8-10-15)16(17-4)12-18(5)11-13(2)3/h7-10,13,16-17H,6,11-12H2,1-5H3. The smallest absolute Gasteiger partial charge is 0.119 e. The predicted octanol–water partition coefficient (Wildman–Crippen LogP) is 2.93. The van der Waals surface area contributed by atoms with E-state index in [9.17, 15) is 0 Å². The van der Waals surface area contributed by atoms with Crippen LogP contribution in [0, 0.1) is 5.92 Å². The molecule has 0 bridgehead atoms. The van der Waals surface area contributed by atoms with E-state index in [1.807, 2.05) is 26.1 Å². The first-order valence-corrected chi connectivity index (χ1v) is 7.15. The molecule has 0 saturated heterocycles. The fourth-order valence-corrected chi connectivity index (χ4v) is 2.34. The minimum Gasteiger partial charge on any atom is -0.494 e. The lowest BCUT2D eigenvalue weighted by Gasteiger charge is -2.25. The molecule has 1 atom stereocenters. The second-order valence-electron chi connectivity index (χ2n) is 5.46. The van der Waals surface area contributed by atoms with Crippen LogP contribution < -0.4 is 10.1 Å². The zero-order chi connectivity index (χ0) is 14.3. The Morgan fingerprint density at radius 1 is 1.16 bits per heavy atom. The number of ether oxygens (including phenoxy) is 1. The van der Waals surface area contributed by atoms with Gasteiger partial charge in [0, 0.05) is 19.1 Å². The molecule has 0 aromatic heterocycles. The van der Waals surface area contributed by atoms with Crippen LogP contribution >= 0.6 is 0 Å². The average molecular weight is 264 g/mol. The molecule has 0 aliphatic rings. The molecule has 0 fully saturated rings. The Morgan fingerprint density at radius 3 is 2.26 bits per heavy atom. The van der Waals surface area contributed by atoms with E-state index in [1.54, 1.807) is 0 Å². The third-order valence-electron chi connectivity index (χ3n) is 3.11. The third kappa shape index (κ3) is 5.62. The predicted molar refractivity (Wildman–Crippen MR) is 81.7 cm³/mol. The molecule has 0 amide bonds. The normalized spacial score (nSPS) is 13.0. The van der Waals surface area contributed by atoms with Gasteiger partial charge in [0.2, 0.25) is 0 Å². The van der Waals surface area contributed by atoms with Gasteiger partial charge in [-0.15, -0.1) is 0 Å². The molecular formula is C16H28N2O. The number of nitrogens with one attached hydrogen (secondary N) is 1. The van der Waals surface area contributed by atoms with Gasteiger partial charge in [0.15, 0.2) is 0 Å². The van der Waals surface area contributed by atoms with E-state index >= 15 is 0 Å². The fourth-order valence-electron chi connectivity index (χ4n) is 2.34. The fraction of sp³-hybridized carbons (Fsp3) is 0.625. The first-order valence-electron chi connectivity index (χ1n) is 7.15. The highest BCUT2D eigenvalue weighted by Gasteiger charge is 2.12. The topological polar surface area (TPSA) is 24.5 Å². The van der Waals surface area contributed by atoms with Crippen molar-refractivity contribution in [2.24, 2.45) is 5.92 Å². The molecule has 0 aliphatic heterocycles. The highest BCUT2D eigenvalue weighted by molar-refractivity contribution is 5.29. The molecule has 0 radical (unpaired) electrons. The van der Waals surface area contributed by atoms with Crippen LogP contribution in [0.4, 0.5) is 0 Å². The van der Waals surface area contributed by atoms with Gasteiger partial charge in [-0.3, -0.25) is 0 Å². The van der Waals surface area contributed by atoms with Crippen LogP contribution in [-0.2, 0) is 0 Å². The molecule has 0 heterocycles. The molecule has 19 heavy (non-hydrogen) atoms. The van der Waals surface area contributed by atoms with E-state index in [1.165, 1.54) is 5.56 Å². The number of rotatable bonds is 8. The Kier molecular flexibility index (Phi) is 6.89. The Balaban J connectivity index is 2.63. The Labute approximate surface area is 118 Å². The van der Waals surface area contributed by atoms with Gasteiger partial charge in [-0.05, 0) is 44.6 Å². The van der Waals surface area contributed by atoms with Crippen LogP contribution in [0.25, 0.3) is 0 Å². The van der Waals surface area contributed by atoms with Crippen LogP contribution in [0.5, 0.6) is 5.75 Å². The number of benzene rings is 1. The van der Waals surface area contributed by atoms with Crippen LogP contribution in [0.15, 0.2) is 24.3 Å². The summed E-state index contributed by atoms with van der Waals surface area (Å²) in [5.41, 5.74) is 1.31. The van der Waals surface area contributed by atoms with Gasteiger partial charge in [-0.2, -0.15) is 0 Å². The van der Waals surface area contributed by atoms with E-state index in [2.05, 4.69) is 43.2 Å². The maximum atomic E-state index is 5.48. The minimum absolute atomic E-state index is 0.361. The van der Waals surface area contributed by atoms with Crippen molar-refractivity contribution < 1.29 is 4.74 Å². The molecule has 3 nitrogen and oxygen atoms in total. The Bertz CT molecular complexity index is 348. The highest BCUT2D eigenvalue weighted by Crippen LogP contribution is 2.18. The second kappa shape index (κ2) is 8.18. The second-order valence-corrected chi connectivity index (χ2v) is 5.46. The zero-order valence-electron chi connectivity index (χ0n) is 12.9. The lowest BCUT2D eigenvalue weighted by Crippen LogP contribution is -2.33. The number of hydrogen-bond acceptors (Lipinski definition) is 3. The molecule has 1 aromatic rings. The third-order valence-corrected chi connectivity index (χ3v) is 3.11. The summed E-state index contributed by atoms with van der Waals surface area (Å²) in [6.45, 7) is 9.36. The molecule has 1 N–H and O–H groups in total. The monoisotopic (exact) mass is 264 g/mol.